The highest BCUT2D eigenvalue weighted by Gasteiger charge is 2.19. The summed E-state index contributed by atoms with van der Waals surface area (Å²) in [6, 6.07) is 8.34. The number of nitrogens with two attached hydrogens (primary N) is 1. The third kappa shape index (κ3) is 11.0. The van der Waals surface area contributed by atoms with Gasteiger partial charge in [-0.25, -0.2) is 4.39 Å². The minimum absolute atomic E-state index is 0.322. The van der Waals surface area contributed by atoms with Gasteiger partial charge in [0.1, 0.15) is 11.4 Å². The van der Waals surface area contributed by atoms with Gasteiger partial charge in [0, 0.05) is 6.04 Å². The number of benzene rings is 1. The molecule has 16 heavy (non-hydrogen) atoms. The van der Waals surface area contributed by atoms with Gasteiger partial charge in [-0.2, -0.15) is 0 Å². The molecule has 94 valence electrons. The number of rotatable bonds is 1. The van der Waals surface area contributed by atoms with Crippen molar-refractivity contribution in [2.24, 2.45) is 5.73 Å². The first-order chi connectivity index (χ1) is 7.34. The van der Waals surface area contributed by atoms with Crippen LogP contribution in [0.3, 0.4) is 0 Å². The molecule has 0 heterocycles. The van der Waals surface area contributed by atoms with Crippen LogP contribution >= 0.6 is 0 Å². The normalized spacial score (nSPS) is 11.4. The van der Waals surface area contributed by atoms with Gasteiger partial charge in [0.05, 0.1) is 0 Å². The second-order valence-corrected chi connectivity index (χ2v) is 3.69. The first-order valence-electron chi connectivity index (χ1n) is 5.52. The Labute approximate surface area is 98.3 Å². The van der Waals surface area contributed by atoms with Crippen molar-refractivity contribution in [3.05, 3.63) is 30.3 Å². The van der Waals surface area contributed by atoms with E-state index >= 15 is 0 Å². The van der Waals surface area contributed by atoms with Gasteiger partial charge in [-0.1, -0.05) is 32.0 Å². The van der Waals surface area contributed by atoms with Crippen molar-refractivity contribution >= 4 is 0 Å². The standard InChI is InChI=1S/C6H6O.C5H12FN.C2H6/c7-6-4-2-1-3-5-6;1-4(7)5(2,3)6;1-2/h1-5,7H;4H,7H2,1-3H3;1-2H3. The molecule has 0 spiro atoms. The summed E-state index contributed by atoms with van der Waals surface area (Å²) in [6.07, 6.45) is 0. The fourth-order valence-electron chi connectivity index (χ4n) is 0.428. The van der Waals surface area contributed by atoms with E-state index in [0.29, 0.717) is 5.75 Å². The minimum atomic E-state index is -1.22. The smallest absolute Gasteiger partial charge is 0.120 e. The van der Waals surface area contributed by atoms with Crippen molar-refractivity contribution in [2.75, 3.05) is 0 Å². The SMILES string of the molecule is CC.CC(N)C(C)(C)F.Oc1ccccc1. The summed E-state index contributed by atoms with van der Waals surface area (Å²) >= 11 is 0. The molecule has 0 aliphatic rings. The predicted molar refractivity (Wildman–Crippen MR) is 68.3 cm³/mol. The molecule has 3 heteroatoms. The Morgan fingerprint density at radius 1 is 1.19 bits per heavy atom. The lowest BCUT2D eigenvalue weighted by Crippen LogP contribution is -2.36. The molecule has 0 saturated carbocycles. The maximum absolute atomic E-state index is 12.4. The van der Waals surface area contributed by atoms with E-state index in [1.165, 1.54) is 13.8 Å². The first kappa shape index (κ1) is 17.3. The molecular formula is C13H24FNO. The van der Waals surface area contributed by atoms with Gasteiger partial charge in [0.15, 0.2) is 0 Å². The molecule has 1 aromatic carbocycles. The van der Waals surface area contributed by atoms with Crippen molar-refractivity contribution in [2.45, 2.75) is 46.3 Å². The van der Waals surface area contributed by atoms with Crippen LogP contribution < -0.4 is 5.73 Å². The number of phenolic OH excluding ortho intramolecular Hbond substituents is 1. The summed E-state index contributed by atoms with van der Waals surface area (Å²) in [7, 11) is 0. The fraction of sp³-hybridized carbons (Fsp3) is 0.538. The number of para-hydroxylation sites is 1. The van der Waals surface area contributed by atoms with E-state index in [-0.39, 0.29) is 6.04 Å². The van der Waals surface area contributed by atoms with Crippen molar-refractivity contribution in [3.63, 3.8) is 0 Å². The number of hydrogen-bond acceptors (Lipinski definition) is 2. The zero-order chi connectivity index (χ0) is 13.2. The molecule has 1 atom stereocenters. The molecule has 0 aliphatic heterocycles. The average molecular weight is 229 g/mol. The largest absolute Gasteiger partial charge is 0.508 e. The van der Waals surface area contributed by atoms with Crippen LogP contribution in [0.15, 0.2) is 30.3 Å². The number of aromatic hydroxyl groups is 1. The Hall–Kier alpha value is -1.09. The highest BCUT2D eigenvalue weighted by Crippen LogP contribution is 2.10. The molecule has 1 rings (SSSR count). The molecule has 0 aromatic heterocycles. The summed E-state index contributed by atoms with van der Waals surface area (Å²) in [5.74, 6) is 0.322. The molecule has 2 nitrogen and oxygen atoms in total. The van der Waals surface area contributed by atoms with Crippen LogP contribution in [0.2, 0.25) is 0 Å². The summed E-state index contributed by atoms with van der Waals surface area (Å²) in [5, 5.41) is 8.63. The van der Waals surface area contributed by atoms with Crippen LogP contribution in [-0.4, -0.2) is 16.8 Å². The van der Waals surface area contributed by atoms with Crippen LogP contribution in [0.5, 0.6) is 5.75 Å². The molecule has 0 bridgehead atoms. The molecule has 1 unspecified atom stereocenters. The van der Waals surface area contributed by atoms with Crippen molar-refractivity contribution in [1.82, 2.24) is 0 Å². The maximum Gasteiger partial charge on any atom is 0.120 e. The van der Waals surface area contributed by atoms with E-state index in [9.17, 15) is 4.39 Å². The summed E-state index contributed by atoms with van der Waals surface area (Å²) in [4.78, 5) is 0. The highest BCUT2D eigenvalue weighted by atomic mass is 19.1. The van der Waals surface area contributed by atoms with Gasteiger partial charge in [-0.15, -0.1) is 0 Å². The predicted octanol–water partition coefficient (Wildman–Crippen LogP) is 3.50. The molecule has 1 aromatic rings. The van der Waals surface area contributed by atoms with E-state index in [4.69, 9.17) is 10.8 Å². The second kappa shape index (κ2) is 9.16. The van der Waals surface area contributed by atoms with Gasteiger partial charge in [-0.05, 0) is 32.9 Å². The van der Waals surface area contributed by atoms with Gasteiger partial charge in [0.25, 0.3) is 0 Å². The van der Waals surface area contributed by atoms with Gasteiger partial charge in [-0.3, -0.25) is 0 Å². The van der Waals surface area contributed by atoms with Gasteiger partial charge >= 0.3 is 0 Å². The number of phenols is 1. The Morgan fingerprint density at radius 3 is 1.62 bits per heavy atom. The van der Waals surface area contributed by atoms with Crippen LogP contribution in [0.25, 0.3) is 0 Å². The number of alkyl halides is 1. The third-order valence-electron chi connectivity index (χ3n) is 1.84. The highest BCUT2D eigenvalue weighted by molar-refractivity contribution is 5.18. The second-order valence-electron chi connectivity index (χ2n) is 3.69. The Kier molecular flexibility index (Phi) is 9.91. The van der Waals surface area contributed by atoms with Crippen LogP contribution in [0, 0.1) is 0 Å². The van der Waals surface area contributed by atoms with Crippen molar-refractivity contribution < 1.29 is 9.50 Å². The zero-order valence-corrected chi connectivity index (χ0v) is 10.9. The maximum atomic E-state index is 12.4. The lowest BCUT2D eigenvalue weighted by molar-refractivity contribution is 0.182. The van der Waals surface area contributed by atoms with Crippen molar-refractivity contribution in [3.8, 4) is 5.75 Å². The lowest BCUT2D eigenvalue weighted by Gasteiger charge is -2.17. The van der Waals surface area contributed by atoms with Crippen LogP contribution in [0.4, 0.5) is 4.39 Å². The third-order valence-corrected chi connectivity index (χ3v) is 1.84. The Balaban J connectivity index is 0. The molecule has 0 fully saturated rings. The molecule has 0 radical (unpaired) electrons. The first-order valence-corrected chi connectivity index (χ1v) is 5.52. The average Bonchev–Trinajstić information content (AvgIpc) is 2.21. The molecular weight excluding hydrogens is 205 g/mol. The van der Waals surface area contributed by atoms with Crippen LogP contribution in [0.1, 0.15) is 34.6 Å². The monoisotopic (exact) mass is 229 g/mol. The summed E-state index contributed by atoms with van der Waals surface area (Å²) < 4.78 is 12.4. The van der Waals surface area contributed by atoms with E-state index in [2.05, 4.69) is 0 Å². The Bertz CT molecular complexity index is 242. The van der Waals surface area contributed by atoms with Gasteiger partial charge in [0.2, 0.25) is 0 Å². The van der Waals surface area contributed by atoms with E-state index in [0.717, 1.165) is 0 Å². The topological polar surface area (TPSA) is 46.2 Å². The molecule has 0 saturated heterocycles. The van der Waals surface area contributed by atoms with Gasteiger partial charge < -0.3 is 10.8 Å². The van der Waals surface area contributed by atoms with Crippen molar-refractivity contribution in [1.29, 1.82) is 0 Å². The van der Waals surface area contributed by atoms with E-state index in [1.807, 2.05) is 19.9 Å². The molecule has 0 amide bonds. The van der Waals surface area contributed by atoms with E-state index in [1.54, 1.807) is 31.2 Å². The summed E-state index contributed by atoms with van der Waals surface area (Å²) in [6.45, 7) is 8.59. The minimum Gasteiger partial charge on any atom is -0.508 e. The van der Waals surface area contributed by atoms with Crippen LogP contribution in [-0.2, 0) is 0 Å². The number of halogens is 1. The lowest BCUT2D eigenvalue weighted by atomic mass is 10.0. The van der Waals surface area contributed by atoms with E-state index < -0.39 is 5.67 Å². The molecule has 3 N–H and O–H groups in total. The summed E-state index contributed by atoms with van der Waals surface area (Å²) in [5.41, 5.74) is 3.97. The molecule has 0 aliphatic carbocycles. The Morgan fingerprint density at radius 2 is 1.50 bits per heavy atom. The quantitative estimate of drug-likeness (QED) is 0.774. The number of hydrogen-bond donors (Lipinski definition) is 2. The fourth-order valence-corrected chi connectivity index (χ4v) is 0.428. The zero-order valence-electron chi connectivity index (χ0n) is 10.9.